The molecule has 0 radical (unpaired) electrons. The molecule has 0 heterocycles. The van der Waals surface area contributed by atoms with Crippen LogP contribution in [0, 0.1) is 0 Å². The lowest BCUT2D eigenvalue weighted by atomic mass is 9.98. The molecule has 3 heteroatoms. The Morgan fingerprint density at radius 1 is 1.29 bits per heavy atom. The van der Waals surface area contributed by atoms with E-state index in [9.17, 15) is 0 Å². The second kappa shape index (κ2) is 6.74. The minimum atomic E-state index is -0.252. The van der Waals surface area contributed by atoms with E-state index in [1.807, 2.05) is 6.07 Å². The van der Waals surface area contributed by atoms with Gasteiger partial charge in [-0.1, -0.05) is 37.3 Å². The fourth-order valence-electron chi connectivity index (χ4n) is 2.04. The zero-order chi connectivity index (χ0) is 12.7. The standard InChI is InChI=1S/C14H24N2O/c1-4-14(15,12-17-3)11-16(2)10-13-8-6-5-7-9-13/h5-9H,4,10-12,15H2,1-3H3. The highest BCUT2D eigenvalue weighted by Gasteiger charge is 2.24. The van der Waals surface area contributed by atoms with E-state index in [1.165, 1.54) is 5.56 Å². The maximum absolute atomic E-state index is 6.30. The predicted molar refractivity (Wildman–Crippen MR) is 71.9 cm³/mol. The molecule has 96 valence electrons. The van der Waals surface area contributed by atoms with Gasteiger partial charge in [-0.2, -0.15) is 0 Å². The Morgan fingerprint density at radius 2 is 1.94 bits per heavy atom. The Hall–Kier alpha value is -0.900. The van der Waals surface area contributed by atoms with Gasteiger partial charge in [-0.25, -0.2) is 0 Å². The molecule has 1 aromatic rings. The normalized spacial score (nSPS) is 14.9. The van der Waals surface area contributed by atoms with Crippen LogP contribution in [0.15, 0.2) is 30.3 Å². The molecule has 3 nitrogen and oxygen atoms in total. The highest BCUT2D eigenvalue weighted by molar-refractivity contribution is 5.14. The van der Waals surface area contributed by atoms with Gasteiger partial charge in [0.15, 0.2) is 0 Å². The van der Waals surface area contributed by atoms with Gasteiger partial charge >= 0.3 is 0 Å². The summed E-state index contributed by atoms with van der Waals surface area (Å²) in [5, 5.41) is 0. The predicted octanol–water partition coefficient (Wildman–Crippen LogP) is 1.87. The van der Waals surface area contributed by atoms with Gasteiger partial charge in [0, 0.05) is 20.2 Å². The first kappa shape index (κ1) is 14.2. The zero-order valence-electron chi connectivity index (χ0n) is 11.1. The van der Waals surface area contributed by atoms with Crippen molar-refractivity contribution in [2.75, 3.05) is 27.3 Å². The number of nitrogens with zero attached hydrogens (tertiary/aromatic N) is 1. The molecule has 1 unspecified atom stereocenters. The molecule has 0 bridgehead atoms. The molecule has 0 aromatic heterocycles. The summed E-state index contributed by atoms with van der Waals surface area (Å²) in [6, 6.07) is 10.4. The summed E-state index contributed by atoms with van der Waals surface area (Å²) in [5.74, 6) is 0. The molecule has 0 aliphatic rings. The minimum absolute atomic E-state index is 0.252. The van der Waals surface area contributed by atoms with Crippen molar-refractivity contribution in [1.29, 1.82) is 0 Å². The lowest BCUT2D eigenvalue weighted by molar-refractivity contribution is 0.103. The smallest absolute Gasteiger partial charge is 0.0654 e. The van der Waals surface area contributed by atoms with Crippen LogP contribution in [0.25, 0.3) is 0 Å². The maximum Gasteiger partial charge on any atom is 0.0654 e. The molecule has 1 atom stereocenters. The van der Waals surface area contributed by atoms with E-state index >= 15 is 0 Å². The largest absolute Gasteiger partial charge is 0.383 e. The van der Waals surface area contributed by atoms with Gasteiger partial charge in [-0.05, 0) is 19.0 Å². The van der Waals surface area contributed by atoms with Crippen LogP contribution in [-0.4, -0.2) is 37.7 Å². The van der Waals surface area contributed by atoms with Crippen LogP contribution in [0.3, 0.4) is 0 Å². The number of hydrogen-bond donors (Lipinski definition) is 1. The van der Waals surface area contributed by atoms with Gasteiger partial charge < -0.3 is 15.4 Å². The van der Waals surface area contributed by atoms with E-state index in [-0.39, 0.29) is 5.54 Å². The van der Waals surface area contributed by atoms with Crippen LogP contribution in [0.4, 0.5) is 0 Å². The number of nitrogens with two attached hydrogens (primary N) is 1. The van der Waals surface area contributed by atoms with E-state index in [0.717, 1.165) is 19.5 Å². The van der Waals surface area contributed by atoms with Crippen molar-refractivity contribution >= 4 is 0 Å². The lowest BCUT2D eigenvalue weighted by Crippen LogP contribution is -2.52. The average molecular weight is 236 g/mol. The third-order valence-electron chi connectivity index (χ3n) is 3.02. The van der Waals surface area contributed by atoms with E-state index in [2.05, 4.69) is 43.1 Å². The molecule has 1 rings (SSSR count). The van der Waals surface area contributed by atoms with Crippen molar-refractivity contribution < 1.29 is 4.74 Å². The number of rotatable bonds is 7. The number of benzene rings is 1. The third kappa shape index (κ3) is 4.86. The van der Waals surface area contributed by atoms with Crippen molar-refractivity contribution in [3.05, 3.63) is 35.9 Å². The molecule has 0 fully saturated rings. The second-order valence-corrected chi connectivity index (χ2v) is 4.81. The van der Waals surface area contributed by atoms with E-state index in [1.54, 1.807) is 7.11 Å². The van der Waals surface area contributed by atoms with E-state index < -0.39 is 0 Å². The first-order valence-corrected chi connectivity index (χ1v) is 6.10. The van der Waals surface area contributed by atoms with Gasteiger partial charge in [-0.15, -0.1) is 0 Å². The molecule has 0 amide bonds. The van der Waals surface area contributed by atoms with Crippen molar-refractivity contribution in [2.45, 2.75) is 25.4 Å². The van der Waals surface area contributed by atoms with Crippen molar-refractivity contribution in [1.82, 2.24) is 4.90 Å². The van der Waals surface area contributed by atoms with Crippen molar-refractivity contribution in [3.8, 4) is 0 Å². The Balaban J connectivity index is 2.51. The monoisotopic (exact) mass is 236 g/mol. The van der Waals surface area contributed by atoms with Crippen LogP contribution in [-0.2, 0) is 11.3 Å². The SMILES string of the molecule is CCC(N)(COC)CN(C)Cc1ccccc1. The molecule has 0 aliphatic carbocycles. The van der Waals surface area contributed by atoms with Gasteiger partial charge in [0.1, 0.15) is 0 Å². The number of ether oxygens (including phenoxy) is 1. The summed E-state index contributed by atoms with van der Waals surface area (Å²) in [6.45, 7) is 4.47. The second-order valence-electron chi connectivity index (χ2n) is 4.81. The van der Waals surface area contributed by atoms with Crippen LogP contribution in [0.1, 0.15) is 18.9 Å². The minimum Gasteiger partial charge on any atom is -0.383 e. The van der Waals surface area contributed by atoms with Crippen LogP contribution >= 0.6 is 0 Å². The van der Waals surface area contributed by atoms with Gasteiger partial charge in [0.2, 0.25) is 0 Å². The molecule has 17 heavy (non-hydrogen) atoms. The third-order valence-corrected chi connectivity index (χ3v) is 3.02. The van der Waals surface area contributed by atoms with Crippen molar-refractivity contribution in [3.63, 3.8) is 0 Å². The lowest BCUT2D eigenvalue weighted by Gasteiger charge is -2.32. The number of methoxy groups -OCH3 is 1. The quantitative estimate of drug-likeness (QED) is 0.785. The summed E-state index contributed by atoms with van der Waals surface area (Å²) in [7, 11) is 3.80. The summed E-state index contributed by atoms with van der Waals surface area (Å²) in [6.07, 6.45) is 0.917. The van der Waals surface area contributed by atoms with Crippen LogP contribution in [0.5, 0.6) is 0 Å². The van der Waals surface area contributed by atoms with Crippen LogP contribution in [0.2, 0.25) is 0 Å². The molecular formula is C14H24N2O. The molecular weight excluding hydrogens is 212 g/mol. The molecule has 0 saturated carbocycles. The number of likely N-dealkylation sites (N-methyl/N-ethyl adjacent to an activating group) is 1. The topological polar surface area (TPSA) is 38.5 Å². The Kier molecular flexibility index (Phi) is 5.62. The van der Waals surface area contributed by atoms with E-state index in [4.69, 9.17) is 10.5 Å². The molecule has 0 aliphatic heterocycles. The van der Waals surface area contributed by atoms with Gasteiger partial charge in [-0.3, -0.25) is 0 Å². The molecule has 0 spiro atoms. The maximum atomic E-state index is 6.30. The fourth-order valence-corrected chi connectivity index (χ4v) is 2.04. The molecule has 1 aromatic carbocycles. The Bertz CT molecular complexity index is 315. The summed E-state index contributed by atoms with van der Waals surface area (Å²) in [5.41, 5.74) is 7.36. The van der Waals surface area contributed by atoms with Crippen LogP contribution < -0.4 is 5.73 Å². The number of hydrogen-bond acceptors (Lipinski definition) is 3. The van der Waals surface area contributed by atoms with E-state index in [0.29, 0.717) is 6.61 Å². The summed E-state index contributed by atoms with van der Waals surface area (Å²) < 4.78 is 5.20. The summed E-state index contributed by atoms with van der Waals surface area (Å²) >= 11 is 0. The zero-order valence-corrected chi connectivity index (χ0v) is 11.1. The first-order chi connectivity index (χ1) is 8.09. The Morgan fingerprint density at radius 3 is 2.47 bits per heavy atom. The molecule has 2 N–H and O–H groups in total. The van der Waals surface area contributed by atoms with Gasteiger partial charge in [0.05, 0.1) is 12.1 Å². The first-order valence-electron chi connectivity index (χ1n) is 6.10. The fraction of sp³-hybridized carbons (Fsp3) is 0.571. The molecule has 0 saturated heterocycles. The Labute approximate surface area is 105 Å². The van der Waals surface area contributed by atoms with Gasteiger partial charge in [0.25, 0.3) is 0 Å². The average Bonchev–Trinajstić information content (AvgIpc) is 2.30. The van der Waals surface area contributed by atoms with Crippen molar-refractivity contribution in [2.24, 2.45) is 5.73 Å². The highest BCUT2D eigenvalue weighted by Crippen LogP contribution is 2.11. The summed E-state index contributed by atoms with van der Waals surface area (Å²) in [4.78, 5) is 2.25. The highest BCUT2D eigenvalue weighted by atomic mass is 16.5.